The van der Waals surface area contributed by atoms with Crippen molar-refractivity contribution in [3.05, 3.63) is 4.60 Å². The Hall–Kier alpha value is -0.630. The fourth-order valence-electron chi connectivity index (χ4n) is 2.17. The molecule has 7 nitrogen and oxygen atoms in total. The van der Waals surface area contributed by atoms with Crippen LogP contribution < -0.4 is 0 Å². The van der Waals surface area contributed by atoms with Crippen molar-refractivity contribution in [1.82, 2.24) is 19.3 Å². The van der Waals surface area contributed by atoms with E-state index in [9.17, 15) is 13.7 Å². The smallest absolute Gasteiger partial charge is 0.235 e. The SMILES string of the molecule is CSC1(C#N)CCN(S(=O)(=O)c2c(Br)nnn2C)CC1. The van der Waals surface area contributed by atoms with Gasteiger partial charge in [-0.1, -0.05) is 5.21 Å². The Morgan fingerprint density at radius 2 is 2.05 bits per heavy atom. The predicted molar refractivity (Wildman–Crippen MR) is 78.6 cm³/mol. The molecular weight excluding hydrogens is 366 g/mol. The molecule has 2 heterocycles. The summed E-state index contributed by atoms with van der Waals surface area (Å²) in [5, 5.41) is 16.7. The van der Waals surface area contributed by atoms with Crippen LogP contribution in [0.25, 0.3) is 0 Å². The van der Waals surface area contributed by atoms with Crippen molar-refractivity contribution in [3.63, 3.8) is 0 Å². The van der Waals surface area contributed by atoms with Gasteiger partial charge in [-0.05, 0) is 35.0 Å². The number of nitrogens with zero attached hydrogens (tertiary/aromatic N) is 5. The van der Waals surface area contributed by atoms with Crippen molar-refractivity contribution in [2.75, 3.05) is 19.3 Å². The van der Waals surface area contributed by atoms with E-state index in [0.717, 1.165) is 0 Å². The van der Waals surface area contributed by atoms with Crippen molar-refractivity contribution in [2.24, 2.45) is 7.05 Å². The normalized spacial score (nSPS) is 19.7. The molecule has 2 rings (SSSR count). The summed E-state index contributed by atoms with van der Waals surface area (Å²) >= 11 is 4.60. The van der Waals surface area contributed by atoms with Crippen molar-refractivity contribution in [1.29, 1.82) is 5.26 Å². The van der Waals surface area contributed by atoms with Crippen LogP contribution in [-0.2, 0) is 17.1 Å². The number of hydrogen-bond acceptors (Lipinski definition) is 6. The van der Waals surface area contributed by atoms with Crippen molar-refractivity contribution in [3.8, 4) is 6.07 Å². The van der Waals surface area contributed by atoms with Gasteiger partial charge in [-0.25, -0.2) is 13.1 Å². The second kappa shape index (κ2) is 5.63. The van der Waals surface area contributed by atoms with Crippen molar-refractivity contribution >= 4 is 37.7 Å². The van der Waals surface area contributed by atoms with Gasteiger partial charge >= 0.3 is 0 Å². The first-order valence-electron chi connectivity index (χ1n) is 5.88. The lowest BCUT2D eigenvalue weighted by molar-refractivity contribution is 0.324. The molecule has 1 fully saturated rings. The predicted octanol–water partition coefficient (Wildman–Crippen LogP) is 0.987. The van der Waals surface area contributed by atoms with Crippen molar-refractivity contribution < 1.29 is 8.42 Å². The zero-order valence-corrected chi connectivity index (χ0v) is 14.3. The van der Waals surface area contributed by atoms with Crippen molar-refractivity contribution in [2.45, 2.75) is 22.6 Å². The quantitative estimate of drug-likeness (QED) is 0.777. The molecule has 10 heteroatoms. The maximum absolute atomic E-state index is 12.6. The number of piperidine rings is 1. The van der Waals surface area contributed by atoms with E-state index in [1.807, 2.05) is 6.26 Å². The van der Waals surface area contributed by atoms with Gasteiger partial charge in [0, 0.05) is 20.1 Å². The third-order valence-electron chi connectivity index (χ3n) is 3.45. The third-order valence-corrected chi connectivity index (χ3v) is 7.51. The minimum absolute atomic E-state index is 0.0473. The highest BCUT2D eigenvalue weighted by Crippen LogP contribution is 2.36. The molecular formula is C10H14BrN5O2S2. The first-order chi connectivity index (χ1) is 9.36. The zero-order chi connectivity index (χ0) is 15.0. The molecule has 1 aromatic rings. The average Bonchev–Trinajstić information content (AvgIpc) is 2.78. The molecule has 0 bridgehead atoms. The molecule has 0 N–H and O–H groups in total. The first-order valence-corrected chi connectivity index (χ1v) is 9.34. The fourth-order valence-corrected chi connectivity index (χ4v) is 5.32. The van der Waals surface area contributed by atoms with E-state index in [4.69, 9.17) is 0 Å². The van der Waals surface area contributed by atoms with E-state index < -0.39 is 14.8 Å². The number of sulfonamides is 1. The Morgan fingerprint density at radius 3 is 2.45 bits per heavy atom. The molecule has 0 unspecified atom stereocenters. The van der Waals surface area contributed by atoms with Crippen LogP contribution in [0.4, 0.5) is 0 Å². The summed E-state index contributed by atoms with van der Waals surface area (Å²) in [5.74, 6) is 0. The van der Waals surface area contributed by atoms with Crippen LogP contribution in [0, 0.1) is 11.3 Å². The average molecular weight is 380 g/mol. The van der Waals surface area contributed by atoms with Crippen LogP contribution in [0.5, 0.6) is 0 Å². The Morgan fingerprint density at radius 1 is 1.45 bits per heavy atom. The molecule has 110 valence electrons. The lowest BCUT2D eigenvalue weighted by atomic mass is 9.99. The molecule has 1 aromatic heterocycles. The Kier molecular flexibility index (Phi) is 4.44. The third kappa shape index (κ3) is 2.59. The molecule has 1 aliphatic heterocycles. The number of thioether (sulfide) groups is 1. The second-order valence-electron chi connectivity index (χ2n) is 4.52. The van der Waals surface area contributed by atoms with Gasteiger partial charge in [-0.15, -0.1) is 16.9 Å². The molecule has 0 spiro atoms. The van der Waals surface area contributed by atoms with E-state index in [1.54, 1.807) is 0 Å². The largest absolute Gasteiger partial charge is 0.263 e. The maximum Gasteiger partial charge on any atom is 0.263 e. The molecule has 0 atom stereocenters. The Bertz CT molecular complexity index is 624. The van der Waals surface area contributed by atoms with Gasteiger partial charge in [0.25, 0.3) is 10.0 Å². The fraction of sp³-hybridized carbons (Fsp3) is 0.700. The topological polar surface area (TPSA) is 91.9 Å². The summed E-state index contributed by atoms with van der Waals surface area (Å²) < 4.78 is 27.5. The summed E-state index contributed by atoms with van der Waals surface area (Å²) in [6, 6.07) is 2.30. The number of rotatable bonds is 3. The summed E-state index contributed by atoms with van der Waals surface area (Å²) in [6.45, 7) is 0.655. The highest BCUT2D eigenvalue weighted by atomic mass is 79.9. The van der Waals surface area contributed by atoms with Crippen LogP contribution in [0.15, 0.2) is 9.63 Å². The molecule has 1 saturated heterocycles. The summed E-state index contributed by atoms with van der Waals surface area (Å²) in [6.07, 6.45) is 2.93. The van der Waals surface area contributed by atoms with E-state index in [2.05, 4.69) is 32.3 Å². The number of aromatic nitrogens is 3. The molecule has 1 aliphatic rings. The summed E-state index contributed by atoms with van der Waals surface area (Å²) in [4.78, 5) is 0. The number of aryl methyl sites for hydroxylation is 1. The molecule has 20 heavy (non-hydrogen) atoms. The Balaban J connectivity index is 2.25. The first kappa shape index (κ1) is 15.8. The van der Waals surface area contributed by atoms with Gasteiger partial charge in [0.05, 0.1) is 6.07 Å². The van der Waals surface area contributed by atoms with Crippen LogP contribution in [0.2, 0.25) is 0 Å². The lowest BCUT2D eigenvalue weighted by Gasteiger charge is -2.35. The number of hydrogen-bond donors (Lipinski definition) is 0. The van der Waals surface area contributed by atoms with E-state index in [0.29, 0.717) is 25.9 Å². The van der Waals surface area contributed by atoms with Crippen LogP contribution >= 0.6 is 27.7 Å². The summed E-state index contributed by atoms with van der Waals surface area (Å²) in [5.41, 5.74) is 0. The van der Waals surface area contributed by atoms with Gasteiger partial charge in [0.1, 0.15) is 4.75 Å². The van der Waals surface area contributed by atoms with Crippen LogP contribution in [-0.4, -0.2) is 51.8 Å². The minimum atomic E-state index is -3.64. The van der Waals surface area contributed by atoms with Gasteiger partial charge in [-0.3, -0.25) is 0 Å². The standard InChI is InChI=1S/C10H14BrN5O2S2/c1-15-9(8(11)13-14-15)20(17,18)16-5-3-10(7-12,19-2)4-6-16/h3-6H2,1-2H3. The van der Waals surface area contributed by atoms with Crippen LogP contribution in [0.3, 0.4) is 0 Å². The number of nitriles is 1. The minimum Gasteiger partial charge on any atom is -0.235 e. The van der Waals surface area contributed by atoms with Gasteiger partial charge in [-0.2, -0.15) is 9.57 Å². The molecule has 0 aliphatic carbocycles. The Labute approximate surface area is 130 Å². The van der Waals surface area contributed by atoms with Crippen LogP contribution in [0.1, 0.15) is 12.8 Å². The number of halogens is 1. The van der Waals surface area contributed by atoms with Gasteiger partial charge < -0.3 is 0 Å². The van der Waals surface area contributed by atoms with E-state index in [1.165, 1.54) is 27.8 Å². The van der Waals surface area contributed by atoms with E-state index >= 15 is 0 Å². The lowest BCUT2D eigenvalue weighted by Crippen LogP contribution is -2.44. The van der Waals surface area contributed by atoms with E-state index in [-0.39, 0.29) is 9.63 Å². The highest BCUT2D eigenvalue weighted by molar-refractivity contribution is 9.10. The highest BCUT2D eigenvalue weighted by Gasteiger charge is 2.40. The van der Waals surface area contributed by atoms with Gasteiger partial charge in [0.2, 0.25) is 5.03 Å². The molecule has 0 aromatic carbocycles. The monoisotopic (exact) mass is 379 g/mol. The molecule has 0 amide bonds. The molecule has 0 saturated carbocycles. The zero-order valence-electron chi connectivity index (χ0n) is 11.1. The molecule has 0 radical (unpaired) electrons. The van der Waals surface area contributed by atoms with Gasteiger partial charge in [0.15, 0.2) is 4.60 Å². The second-order valence-corrected chi connectivity index (χ2v) is 8.32. The maximum atomic E-state index is 12.6. The summed E-state index contributed by atoms with van der Waals surface area (Å²) in [7, 11) is -2.10.